The summed E-state index contributed by atoms with van der Waals surface area (Å²) in [5, 5.41) is 6.26. The lowest BCUT2D eigenvalue weighted by molar-refractivity contribution is -0.111. The Morgan fingerprint density at radius 2 is 2.10 bits per heavy atom. The molecule has 0 bridgehead atoms. The lowest BCUT2D eigenvalue weighted by atomic mass is 9.96. The Labute approximate surface area is 192 Å². The van der Waals surface area contributed by atoms with Crippen molar-refractivity contribution < 1.29 is 13.9 Å². The number of benzene rings is 2. The molecule has 0 unspecified atom stereocenters. The van der Waals surface area contributed by atoms with Gasteiger partial charge < -0.3 is 9.15 Å². The van der Waals surface area contributed by atoms with E-state index in [1.54, 1.807) is 19.4 Å². The molecular weight excluding hydrogens is 476 g/mol. The van der Waals surface area contributed by atoms with Gasteiger partial charge in [0.05, 0.1) is 19.1 Å². The molecule has 158 valence electrons. The number of aromatic nitrogens is 1. The van der Waals surface area contributed by atoms with E-state index in [2.05, 4.69) is 32.3 Å². The topological polar surface area (TPSA) is 64.4 Å². The van der Waals surface area contributed by atoms with Gasteiger partial charge in [0.1, 0.15) is 11.3 Å². The van der Waals surface area contributed by atoms with Gasteiger partial charge in [-0.05, 0) is 50.1 Å². The molecule has 7 heteroatoms. The number of rotatable bonds is 5. The van der Waals surface area contributed by atoms with Crippen LogP contribution in [0.3, 0.4) is 0 Å². The number of hydrogen-bond acceptors (Lipinski definition) is 5. The molecule has 0 saturated carbocycles. The van der Waals surface area contributed by atoms with Crippen molar-refractivity contribution in [3.63, 3.8) is 0 Å². The zero-order valence-electron chi connectivity index (χ0n) is 17.6. The number of hydrogen-bond donors (Lipinski definition) is 1. The van der Waals surface area contributed by atoms with Crippen molar-refractivity contribution in [2.75, 3.05) is 12.4 Å². The predicted molar refractivity (Wildman–Crippen MR) is 130 cm³/mol. The number of nitrogens with zero attached hydrogens (tertiary/aromatic N) is 1. The van der Waals surface area contributed by atoms with E-state index in [0.29, 0.717) is 10.9 Å². The highest BCUT2D eigenvalue weighted by Gasteiger charge is 2.19. The van der Waals surface area contributed by atoms with E-state index >= 15 is 0 Å². The minimum Gasteiger partial charge on any atom is -0.496 e. The molecule has 2 heterocycles. The Balaban J connectivity index is 1.79. The maximum absolute atomic E-state index is 12.5. The summed E-state index contributed by atoms with van der Waals surface area (Å²) in [6.07, 6.45) is 3.33. The van der Waals surface area contributed by atoms with Crippen LogP contribution in [-0.4, -0.2) is 18.0 Å². The van der Waals surface area contributed by atoms with E-state index < -0.39 is 0 Å². The average molecular weight is 497 g/mol. The fourth-order valence-corrected chi connectivity index (χ4v) is 4.67. The molecule has 2 aromatic carbocycles. The van der Waals surface area contributed by atoms with Gasteiger partial charge >= 0.3 is 0 Å². The highest BCUT2D eigenvalue weighted by atomic mass is 79.9. The summed E-state index contributed by atoms with van der Waals surface area (Å²) in [4.78, 5) is 16.8. The molecule has 0 aliphatic carbocycles. The van der Waals surface area contributed by atoms with Crippen molar-refractivity contribution in [3.05, 3.63) is 69.3 Å². The van der Waals surface area contributed by atoms with Crippen LogP contribution in [0.5, 0.6) is 5.75 Å². The third-order valence-electron chi connectivity index (χ3n) is 5.01. The number of furan rings is 1. The number of carbonyl (C=O) groups excluding carboxylic acids is 1. The van der Waals surface area contributed by atoms with E-state index in [9.17, 15) is 4.79 Å². The van der Waals surface area contributed by atoms with E-state index in [-0.39, 0.29) is 5.91 Å². The fourth-order valence-electron chi connectivity index (χ4n) is 3.58. The lowest BCUT2D eigenvalue weighted by Gasteiger charge is -2.13. The summed E-state index contributed by atoms with van der Waals surface area (Å²) < 4.78 is 12.6. The second kappa shape index (κ2) is 8.69. The van der Waals surface area contributed by atoms with E-state index in [1.165, 1.54) is 11.3 Å². The smallest absolute Gasteiger partial charge is 0.250 e. The van der Waals surface area contributed by atoms with Crippen LogP contribution >= 0.6 is 27.3 Å². The van der Waals surface area contributed by atoms with Gasteiger partial charge in [-0.15, -0.1) is 11.3 Å². The number of thiazole rings is 1. The number of aryl methyl sites for hydroxylation is 2. The minimum absolute atomic E-state index is 0.230. The van der Waals surface area contributed by atoms with Crippen LogP contribution < -0.4 is 10.1 Å². The molecule has 0 spiro atoms. The first-order valence-corrected chi connectivity index (χ1v) is 11.3. The minimum atomic E-state index is -0.230. The summed E-state index contributed by atoms with van der Waals surface area (Å²) in [6.45, 7) is 5.75. The number of methoxy groups -OCH3 is 1. The van der Waals surface area contributed by atoms with Crippen LogP contribution in [0.2, 0.25) is 0 Å². The third kappa shape index (κ3) is 4.29. The van der Waals surface area contributed by atoms with Gasteiger partial charge in [-0.1, -0.05) is 28.1 Å². The second-order valence-electron chi connectivity index (χ2n) is 7.23. The normalized spacial score (nSPS) is 11.7. The van der Waals surface area contributed by atoms with Crippen molar-refractivity contribution in [2.24, 2.45) is 0 Å². The van der Waals surface area contributed by atoms with Crippen molar-refractivity contribution in [1.82, 2.24) is 4.98 Å². The van der Waals surface area contributed by atoms with Crippen LogP contribution in [0.25, 0.3) is 27.7 Å². The van der Waals surface area contributed by atoms with Gasteiger partial charge in [-0.3, -0.25) is 10.1 Å². The van der Waals surface area contributed by atoms with E-state index in [1.807, 2.05) is 50.4 Å². The fraction of sp³-hybridized carbons (Fsp3) is 0.167. The molecule has 0 fully saturated rings. The van der Waals surface area contributed by atoms with Crippen molar-refractivity contribution in [2.45, 2.75) is 20.8 Å². The molecular formula is C24H21BrN2O3S. The number of halogens is 1. The number of nitrogens with one attached hydrogen (secondary N) is 1. The second-order valence-corrected chi connectivity index (χ2v) is 9.00. The van der Waals surface area contributed by atoms with Crippen LogP contribution in [0, 0.1) is 13.8 Å². The molecule has 4 aromatic rings. The number of allylic oxidation sites excluding steroid dienone is 1. The standard InChI is InChI=1S/C24H21BrN2O3S/c1-13(8-21(28)27-24-26-14(2)12-31-24)18-10-19-20(16-6-5-7-17(25)9-16)11-30-23(19)15(3)22(18)29-4/h5-12H,1-4H3,(H,26,27,28)/b13-8+. The van der Waals surface area contributed by atoms with Crippen molar-refractivity contribution in [3.8, 4) is 16.9 Å². The van der Waals surface area contributed by atoms with Crippen LogP contribution in [0.1, 0.15) is 23.7 Å². The maximum Gasteiger partial charge on any atom is 0.250 e. The summed E-state index contributed by atoms with van der Waals surface area (Å²) >= 11 is 4.94. The molecule has 1 N–H and O–H groups in total. The van der Waals surface area contributed by atoms with Crippen molar-refractivity contribution >= 4 is 54.8 Å². The van der Waals surface area contributed by atoms with Crippen LogP contribution in [-0.2, 0) is 4.79 Å². The Kier molecular flexibility index (Phi) is 5.98. The Morgan fingerprint density at radius 3 is 2.77 bits per heavy atom. The molecule has 0 atom stereocenters. The van der Waals surface area contributed by atoms with Gasteiger partial charge in [0.25, 0.3) is 0 Å². The lowest BCUT2D eigenvalue weighted by Crippen LogP contribution is -2.08. The molecule has 5 nitrogen and oxygen atoms in total. The summed E-state index contributed by atoms with van der Waals surface area (Å²) in [6, 6.07) is 10.1. The van der Waals surface area contributed by atoms with Crippen molar-refractivity contribution in [1.29, 1.82) is 0 Å². The van der Waals surface area contributed by atoms with Gasteiger partial charge in [0.2, 0.25) is 5.91 Å². The third-order valence-corrected chi connectivity index (χ3v) is 6.37. The SMILES string of the molecule is COc1c(/C(C)=C/C(=O)Nc2nc(C)cs2)cc2c(-c3cccc(Br)c3)coc2c1C. The summed E-state index contributed by atoms with van der Waals surface area (Å²) in [5.74, 6) is 0.459. The molecule has 4 rings (SSSR count). The van der Waals surface area contributed by atoms with Gasteiger partial charge in [0.15, 0.2) is 5.13 Å². The predicted octanol–water partition coefficient (Wildman–Crippen LogP) is 6.99. The maximum atomic E-state index is 12.5. The molecule has 2 aromatic heterocycles. The molecule has 0 saturated heterocycles. The number of anilines is 1. The molecule has 1 amide bonds. The number of amides is 1. The number of ether oxygens (including phenoxy) is 1. The largest absolute Gasteiger partial charge is 0.496 e. The first-order valence-electron chi connectivity index (χ1n) is 9.64. The molecule has 31 heavy (non-hydrogen) atoms. The first-order chi connectivity index (χ1) is 14.9. The van der Waals surface area contributed by atoms with E-state index in [0.717, 1.165) is 49.0 Å². The van der Waals surface area contributed by atoms with Gasteiger partial charge in [-0.25, -0.2) is 4.98 Å². The van der Waals surface area contributed by atoms with E-state index in [4.69, 9.17) is 9.15 Å². The molecule has 0 aliphatic rings. The zero-order valence-corrected chi connectivity index (χ0v) is 20.0. The Bertz CT molecular complexity index is 1320. The van der Waals surface area contributed by atoms with Gasteiger partial charge in [0, 0.05) is 38.0 Å². The molecule has 0 radical (unpaired) electrons. The summed E-state index contributed by atoms with van der Waals surface area (Å²) in [7, 11) is 1.63. The highest BCUT2D eigenvalue weighted by Crippen LogP contribution is 2.41. The average Bonchev–Trinajstić information content (AvgIpc) is 3.33. The zero-order chi connectivity index (χ0) is 22.1. The first kappa shape index (κ1) is 21.3. The monoisotopic (exact) mass is 496 g/mol. The quantitative estimate of drug-likeness (QED) is 0.302. The number of carbonyl (C=O) groups is 1. The van der Waals surface area contributed by atoms with Crippen LogP contribution in [0.15, 0.2) is 56.9 Å². The number of fused-ring (bicyclic) bond motifs is 1. The Morgan fingerprint density at radius 1 is 1.29 bits per heavy atom. The molecule has 0 aliphatic heterocycles. The summed E-state index contributed by atoms with van der Waals surface area (Å²) in [5.41, 5.74) is 6.19. The highest BCUT2D eigenvalue weighted by molar-refractivity contribution is 9.10. The van der Waals surface area contributed by atoms with Gasteiger partial charge in [-0.2, -0.15) is 0 Å². The van der Waals surface area contributed by atoms with Crippen LogP contribution in [0.4, 0.5) is 5.13 Å². The Hall–Kier alpha value is -2.90.